The summed E-state index contributed by atoms with van der Waals surface area (Å²) in [6, 6.07) is 9.75. The Balaban J connectivity index is 2.49. The molecule has 0 spiro atoms. The molecular weight excluding hydrogens is 377 g/mol. The Hall–Kier alpha value is -0.910. The Morgan fingerprint density at radius 2 is 1.68 bits per heavy atom. The minimum absolute atomic E-state index is 0.344. The summed E-state index contributed by atoms with van der Waals surface area (Å²) in [4.78, 5) is 0. The Morgan fingerprint density at radius 1 is 1.05 bits per heavy atom. The Bertz CT molecular complexity index is 604. The van der Waals surface area contributed by atoms with Crippen LogP contribution in [0, 0.1) is 5.82 Å². The summed E-state index contributed by atoms with van der Waals surface area (Å²) >= 11 is 6.61. The second kappa shape index (κ2) is 6.03. The van der Waals surface area contributed by atoms with Gasteiger partial charge in [-0.1, -0.05) is 37.9 Å². The molecule has 0 amide bonds. The maximum atomic E-state index is 14.0. The van der Waals surface area contributed by atoms with E-state index in [4.69, 9.17) is 10.5 Å². The molecule has 0 saturated carbocycles. The Morgan fingerprint density at radius 3 is 2.32 bits per heavy atom. The molecule has 0 bridgehead atoms. The maximum Gasteiger partial charge on any atom is 0.129 e. The molecule has 1 atom stereocenters. The molecule has 19 heavy (non-hydrogen) atoms. The highest BCUT2D eigenvalue weighted by Gasteiger charge is 2.18. The van der Waals surface area contributed by atoms with E-state index in [9.17, 15) is 4.39 Å². The molecule has 2 aromatic rings. The summed E-state index contributed by atoms with van der Waals surface area (Å²) in [5, 5.41) is 0. The molecule has 0 aliphatic heterocycles. The summed E-state index contributed by atoms with van der Waals surface area (Å²) in [6.45, 7) is 0. The van der Waals surface area contributed by atoms with E-state index in [2.05, 4.69) is 31.9 Å². The molecule has 2 N–H and O–H groups in total. The molecule has 0 heterocycles. The highest BCUT2D eigenvalue weighted by molar-refractivity contribution is 9.10. The first kappa shape index (κ1) is 14.5. The number of hydrogen-bond acceptors (Lipinski definition) is 2. The van der Waals surface area contributed by atoms with Gasteiger partial charge in [-0.2, -0.15) is 0 Å². The van der Waals surface area contributed by atoms with Crippen molar-refractivity contribution in [1.82, 2.24) is 0 Å². The van der Waals surface area contributed by atoms with Crippen LogP contribution in [0.4, 0.5) is 4.39 Å². The molecule has 5 heteroatoms. The highest BCUT2D eigenvalue weighted by atomic mass is 79.9. The van der Waals surface area contributed by atoms with E-state index in [1.807, 2.05) is 12.1 Å². The van der Waals surface area contributed by atoms with Crippen molar-refractivity contribution >= 4 is 31.9 Å². The molecule has 100 valence electrons. The largest absolute Gasteiger partial charge is 0.496 e. The lowest BCUT2D eigenvalue weighted by Gasteiger charge is -2.17. The van der Waals surface area contributed by atoms with Crippen molar-refractivity contribution in [2.45, 2.75) is 6.04 Å². The van der Waals surface area contributed by atoms with Gasteiger partial charge in [0.25, 0.3) is 0 Å². The van der Waals surface area contributed by atoms with Crippen LogP contribution in [0.3, 0.4) is 0 Å². The topological polar surface area (TPSA) is 35.2 Å². The third-order valence-corrected chi connectivity index (χ3v) is 3.81. The number of methoxy groups -OCH3 is 1. The number of nitrogens with two attached hydrogens (primary N) is 1. The molecule has 0 saturated heterocycles. The lowest BCUT2D eigenvalue weighted by molar-refractivity contribution is 0.407. The van der Waals surface area contributed by atoms with Gasteiger partial charge in [-0.15, -0.1) is 0 Å². The zero-order valence-corrected chi connectivity index (χ0v) is 13.3. The molecule has 0 radical (unpaired) electrons. The van der Waals surface area contributed by atoms with Gasteiger partial charge in [-0.05, 0) is 30.3 Å². The van der Waals surface area contributed by atoms with Gasteiger partial charge in [0.15, 0.2) is 0 Å². The molecule has 0 aliphatic carbocycles. The average Bonchev–Trinajstić information content (AvgIpc) is 2.38. The number of benzene rings is 2. The van der Waals surface area contributed by atoms with Crippen LogP contribution in [0.5, 0.6) is 5.75 Å². The first-order valence-corrected chi connectivity index (χ1v) is 7.15. The number of ether oxygens (including phenoxy) is 1. The van der Waals surface area contributed by atoms with Crippen molar-refractivity contribution in [3.63, 3.8) is 0 Å². The molecule has 2 aromatic carbocycles. The Labute approximate surface area is 128 Å². The van der Waals surface area contributed by atoms with Gasteiger partial charge < -0.3 is 10.5 Å². The zero-order chi connectivity index (χ0) is 14.0. The second-order valence-electron chi connectivity index (χ2n) is 4.03. The first-order valence-electron chi connectivity index (χ1n) is 5.57. The van der Waals surface area contributed by atoms with Gasteiger partial charge in [0.05, 0.1) is 13.2 Å². The number of hydrogen-bond donors (Lipinski definition) is 1. The highest BCUT2D eigenvalue weighted by Crippen LogP contribution is 2.32. The molecule has 2 rings (SSSR count). The van der Waals surface area contributed by atoms with Crippen LogP contribution in [0.1, 0.15) is 17.2 Å². The summed E-state index contributed by atoms with van der Waals surface area (Å²) in [5.74, 6) is 0.293. The van der Waals surface area contributed by atoms with E-state index < -0.39 is 6.04 Å². The van der Waals surface area contributed by atoms with E-state index in [1.54, 1.807) is 25.3 Å². The predicted molar refractivity (Wildman–Crippen MR) is 80.8 cm³/mol. The van der Waals surface area contributed by atoms with Crippen LogP contribution < -0.4 is 10.5 Å². The number of halogens is 3. The van der Waals surface area contributed by atoms with Gasteiger partial charge in [0, 0.05) is 20.1 Å². The van der Waals surface area contributed by atoms with Crippen molar-refractivity contribution < 1.29 is 9.13 Å². The lowest BCUT2D eigenvalue weighted by Crippen LogP contribution is -2.14. The summed E-state index contributed by atoms with van der Waals surface area (Å²) in [7, 11) is 1.57. The van der Waals surface area contributed by atoms with Crippen molar-refractivity contribution in [3.05, 3.63) is 62.3 Å². The lowest BCUT2D eigenvalue weighted by atomic mass is 9.98. The number of rotatable bonds is 3. The normalized spacial score (nSPS) is 12.3. The van der Waals surface area contributed by atoms with Gasteiger partial charge in [0.2, 0.25) is 0 Å². The quantitative estimate of drug-likeness (QED) is 0.845. The fourth-order valence-corrected chi connectivity index (χ4v) is 2.58. The van der Waals surface area contributed by atoms with E-state index in [0.29, 0.717) is 15.8 Å². The summed E-state index contributed by atoms with van der Waals surface area (Å²) in [6.07, 6.45) is 0. The van der Waals surface area contributed by atoms with Crippen molar-refractivity contribution in [2.75, 3.05) is 7.11 Å². The molecule has 1 unspecified atom stereocenters. The van der Waals surface area contributed by atoms with Gasteiger partial charge >= 0.3 is 0 Å². The average molecular weight is 389 g/mol. The third kappa shape index (κ3) is 3.16. The van der Waals surface area contributed by atoms with E-state index in [1.165, 1.54) is 6.07 Å². The van der Waals surface area contributed by atoms with Gasteiger partial charge in [-0.25, -0.2) is 4.39 Å². The van der Waals surface area contributed by atoms with Crippen LogP contribution in [0.15, 0.2) is 45.3 Å². The minimum Gasteiger partial charge on any atom is -0.496 e. The monoisotopic (exact) mass is 387 g/mol. The SMILES string of the molecule is COc1ccc(Br)cc1C(N)c1ccc(Br)cc1F. The fraction of sp³-hybridized carbons (Fsp3) is 0.143. The minimum atomic E-state index is -0.583. The fourth-order valence-electron chi connectivity index (χ4n) is 1.87. The van der Waals surface area contributed by atoms with Crippen LogP contribution in [0.2, 0.25) is 0 Å². The predicted octanol–water partition coefficient (Wildman–Crippen LogP) is 4.41. The third-order valence-electron chi connectivity index (χ3n) is 2.82. The molecule has 2 nitrogen and oxygen atoms in total. The maximum absolute atomic E-state index is 14.0. The molecular formula is C14H12Br2FNO. The van der Waals surface area contributed by atoms with Crippen LogP contribution >= 0.6 is 31.9 Å². The first-order chi connectivity index (χ1) is 9.02. The summed E-state index contributed by atoms with van der Waals surface area (Å²) < 4.78 is 20.8. The van der Waals surface area contributed by atoms with E-state index in [0.717, 1.165) is 10.0 Å². The van der Waals surface area contributed by atoms with Crippen molar-refractivity contribution in [3.8, 4) is 5.75 Å². The van der Waals surface area contributed by atoms with E-state index in [-0.39, 0.29) is 5.82 Å². The summed E-state index contributed by atoms with van der Waals surface area (Å²) in [5.41, 5.74) is 7.32. The van der Waals surface area contributed by atoms with Gasteiger partial charge in [0.1, 0.15) is 11.6 Å². The molecule has 0 fully saturated rings. The molecule has 0 aliphatic rings. The van der Waals surface area contributed by atoms with Crippen LogP contribution in [-0.4, -0.2) is 7.11 Å². The van der Waals surface area contributed by atoms with Crippen molar-refractivity contribution in [2.24, 2.45) is 5.73 Å². The standard InChI is InChI=1S/C14H12Br2FNO/c1-19-13-5-3-8(15)6-11(13)14(18)10-4-2-9(16)7-12(10)17/h2-7,14H,18H2,1H3. The van der Waals surface area contributed by atoms with E-state index >= 15 is 0 Å². The molecule has 0 aromatic heterocycles. The second-order valence-corrected chi connectivity index (χ2v) is 5.86. The van der Waals surface area contributed by atoms with Gasteiger partial charge in [-0.3, -0.25) is 0 Å². The van der Waals surface area contributed by atoms with Crippen LogP contribution in [0.25, 0.3) is 0 Å². The smallest absolute Gasteiger partial charge is 0.129 e. The van der Waals surface area contributed by atoms with Crippen molar-refractivity contribution in [1.29, 1.82) is 0 Å². The zero-order valence-electron chi connectivity index (χ0n) is 10.2. The Kier molecular flexibility index (Phi) is 4.60. The van der Waals surface area contributed by atoms with Crippen LogP contribution in [-0.2, 0) is 0 Å².